The Bertz CT molecular complexity index is 1290. The average molecular weight is 514 g/mol. The van der Waals surface area contributed by atoms with Crippen LogP contribution in [0.3, 0.4) is 0 Å². The lowest BCUT2D eigenvalue weighted by Crippen LogP contribution is -2.45. The van der Waals surface area contributed by atoms with Crippen LogP contribution in [0.1, 0.15) is 23.2 Å². The number of nitrogens with zero attached hydrogens (tertiary/aromatic N) is 2. The van der Waals surface area contributed by atoms with Gasteiger partial charge in [0.2, 0.25) is 5.91 Å². The highest BCUT2D eigenvalue weighted by atomic mass is 79.9. The fraction of sp³-hybridized carbons (Fsp3) is 0.182. The van der Waals surface area contributed by atoms with Crippen LogP contribution in [0.5, 0.6) is 0 Å². The zero-order valence-corrected chi connectivity index (χ0v) is 18.8. The molecular weight excluding hydrogens is 494 g/mol. The summed E-state index contributed by atoms with van der Waals surface area (Å²) in [7, 11) is 0. The van der Waals surface area contributed by atoms with Gasteiger partial charge >= 0.3 is 18.0 Å². The van der Waals surface area contributed by atoms with E-state index in [1.165, 1.54) is 27.8 Å². The molecule has 0 saturated carbocycles. The summed E-state index contributed by atoms with van der Waals surface area (Å²) in [6.45, 7) is 0.372. The minimum atomic E-state index is -1.12. The summed E-state index contributed by atoms with van der Waals surface area (Å²) < 4.78 is 1.75. The minimum absolute atomic E-state index is 0.0199. The van der Waals surface area contributed by atoms with Crippen molar-refractivity contribution in [3.05, 3.63) is 58.7 Å². The number of anilines is 2. The van der Waals surface area contributed by atoms with Crippen LogP contribution in [-0.4, -0.2) is 51.1 Å². The lowest BCUT2D eigenvalue weighted by atomic mass is 10.1. The maximum atomic E-state index is 13.0. The maximum absolute atomic E-state index is 13.0. The number of likely N-dealkylation sites (tertiary alicyclic amines) is 1. The Morgan fingerprint density at radius 2 is 1.85 bits per heavy atom. The SMILES string of the molecule is NC(=O)n1cc(NC(=O)N2CCC[C@H]2C(=O)Nc2cc(Br)cc(C(=O)O)c2)c2ccccc21. The molecular formula is C22H20BrN5O5. The van der Waals surface area contributed by atoms with E-state index >= 15 is 0 Å². The Morgan fingerprint density at radius 3 is 2.58 bits per heavy atom. The van der Waals surface area contributed by atoms with Crippen molar-refractivity contribution in [1.29, 1.82) is 0 Å². The van der Waals surface area contributed by atoms with Crippen LogP contribution in [0, 0.1) is 0 Å². The second-order valence-corrected chi connectivity index (χ2v) is 8.49. The van der Waals surface area contributed by atoms with Crippen molar-refractivity contribution in [3.8, 4) is 0 Å². The molecule has 2 aromatic carbocycles. The van der Waals surface area contributed by atoms with E-state index < -0.39 is 30.0 Å². The van der Waals surface area contributed by atoms with E-state index in [1.807, 2.05) is 0 Å². The molecule has 10 nitrogen and oxygen atoms in total. The standard InChI is InChI=1S/C22H20BrN5O5/c23-13-8-12(20(30)31)9-14(10-13)25-19(29)18-6-3-7-27(18)22(33)26-16-11-28(21(24)32)17-5-2-1-4-15(16)17/h1-2,4-5,8-11,18H,3,6-7H2,(H2,24,32)(H,25,29)(H,26,33)(H,30,31)/t18-/m0/s1. The molecule has 1 atom stereocenters. The number of carboxylic acids is 1. The van der Waals surface area contributed by atoms with Crippen molar-refractivity contribution in [1.82, 2.24) is 9.47 Å². The first kappa shape index (κ1) is 22.3. The predicted octanol–water partition coefficient (Wildman–Crippen LogP) is 3.66. The van der Waals surface area contributed by atoms with E-state index in [4.69, 9.17) is 5.73 Å². The highest BCUT2D eigenvalue weighted by Gasteiger charge is 2.34. The Balaban J connectivity index is 1.52. The third kappa shape index (κ3) is 4.53. The summed E-state index contributed by atoms with van der Waals surface area (Å²) in [6, 6.07) is 9.46. The first-order chi connectivity index (χ1) is 15.7. The van der Waals surface area contributed by atoms with Crippen LogP contribution in [0.25, 0.3) is 10.9 Å². The minimum Gasteiger partial charge on any atom is -0.478 e. The predicted molar refractivity (Wildman–Crippen MR) is 125 cm³/mol. The van der Waals surface area contributed by atoms with Gasteiger partial charge in [-0.2, -0.15) is 0 Å². The van der Waals surface area contributed by atoms with Crippen LogP contribution in [0.2, 0.25) is 0 Å². The summed E-state index contributed by atoms with van der Waals surface area (Å²) in [5.74, 6) is -1.54. The molecule has 0 spiro atoms. The number of urea groups is 1. The molecule has 1 aromatic heterocycles. The zero-order chi connectivity index (χ0) is 23.7. The molecule has 1 saturated heterocycles. The molecule has 1 fully saturated rings. The Hall–Kier alpha value is -3.86. The molecule has 0 radical (unpaired) electrons. The van der Waals surface area contributed by atoms with Crippen molar-refractivity contribution >= 4 is 62.1 Å². The van der Waals surface area contributed by atoms with Crippen LogP contribution >= 0.6 is 15.9 Å². The monoisotopic (exact) mass is 513 g/mol. The number of aromatic carboxylic acids is 1. The molecule has 170 valence electrons. The number of hydrogen-bond donors (Lipinski definition) is 4. The van der Waals surface area contributed by atoms with E-state index in [2.05, 4.69) is 26.6 Å². The van der Waals surface area contributed by atoms with E-state index in [1.54, 1.807) is 30.3 Å². The average Bonchev–Trinajstić information content (AvgIpc) is 3.39. The first-order valence-electron chi connectivity index (χ1n) is 10.1. The molecule has 5 N–H and O–H groups in total. The first-order valence-corrected chi connectivity index (χ1v) is 10.9. The van der Waals surface area contributed by atoms with Gasteiger partial charge < -0.3 is 26.4 Å². The van der Waals surface area contributed by atoms with Gasteiger partial charge in [0.05, 0.1) is 16.8 Å². The summed E-state index contributed by atoms with van der Waals surface area (Å²) in [5.41, 5.74) is 6.71. The van der Waals surface area contributed by atoms with Crippen molar-refractivity contribution in [3.63, 3.8) is 0 Å². The van der Waals surface area contributed by atoms with Gasteiger partial charge in [-0.3, -0.25) is 9.36 Å². The topological polar surface area (TPSA) is 147 Å². The smallest absolute Gasteiger partial charge is 0.335 e. The lowest BCUT2D eigenvalue weighted by molar-refractivity contribution is -0.119. The molecule has 1 aliphatic heterocycles. The van der Waals surface area contributed by atoms with E-state index in [-0.39, 0.29) is 5.56 Å². The number of primary amides is 1. The number of carbonyl (C=O) groups excluding carboxylic acids is 3. The number of carbonyl (C=O) groups is 4. The number of aromatic nitrogens is 1. The molecule has 4 amide bonds. The number of rotatable bonds is 4. The Labute approximate surface area is 196 Å². The van der Waals surface area contributed by atoms with Gasteiger partial charge in [-0.1, -0.05) is 34.1 Å². The van der Waals surface area contributed by atoms with Crippen molar-refractivity contribution < 1.29 is 24.3 Å². The number of halogens is 1. The van der Waals surface area contributed by atoms with Gasteiger partial charge in [-0.15, -0.1) is 0 Å². The molecule has 33 heavy (non-hydrogen) atoms. The van der Waals surface area contributed by atoms with Crippen molar-refractivity contribution in [2.24, 2.45) is 5.73 Å². The number of benzene rings is 2. The van der Waals surface area contributed by atoms with Gasteiger partial charge in [0.25, 0.3) is 0 Å². The van der Waals surface area contributed by atoms with Gasteiger partial charge in [0.15, 0.2) is 0 Å². The number of carboxylic acid groups (broad SMARTS) is 1. The molecule has 3 aromatic rings. The van der Waals surface area contributed by atoms with E-state index in [0.717, 1.165) is 0 Å². The second-order valence-electron chi connectivity index (χ2n) is 7.57. The lowest BCUT2D eigenvalue weighted by Gasteiger charge is -2.24. The normalized spacial score (nSPS) is 15.4. The zero-order valence-electron chi connectivity index (χ0n) is 17.2. The molecule has 2 heterocycles. The number of hydrogen-bond acceptors (Lipinski definition) is 4. The summed E-state index contributed by atoms with van der Waals surface area (Å²) in [4.78, 5) is 50.4. The summed E-state index contributed by atoms with van der Waals surface area (Å²) >= 11 is 3.23. The number of para-hydroxylation sites is 1. The highest BCUT2D eigenvalue weighted by molar-refractivity contribution is 9.10. The Morgan fingerprint density at radius 1 is 1.09 bits per heavy atom. The highest BCUT2D eigenvalue weighted by Crippen LogP contribution is 2.28. The number of amides is 4. The fourth-order valence-corrected chi connectivity index (χ4v) is 4.44. The van der Waals surface area contributed by atoms with E-state index in [9.17, 15) is 24.3 Å². The largest absolute Gasteiger partial charge is 0.478 e. The van der Waals surface area contributed by atoms with Crippen LogP contribution < -0.4 is 16.4 Å². The van der Waals surface area contributed by atoms with Crippen LogP contribution in [0.4, 0.5) is 21.0 Å². The number of nitrogens with two attached hydrogens (primary N) is 1. The van der Waals surface area contributed by atoms with Crippen molar-refractivity contribution in [2.75, 3.05) is 17.2 Å². The van der Waals surface area contributed by atoms with Gasteiger partial charge in [0, 0.05) is 28.3 Å². The molecule has 4 rings (SSSR count). The molecule has 0 aliphatic carbocycles. The third-order valence-electron chi connectivity index (χ3n) is 5.42. The summed E-state index contributed by atoms with van der Waals surface area (Å²) in [5, 5.41) is 15.3. The maximum Gasteiger partial charge on any atom is 0.335 e. The molecule has 0 unspecified atom stereocenters. The molecule has 1 aliphatic rings. The van der Waals surface area contributed by atoms with Crippen LogP contribution in [-0.2, 0) is 4.79 Å². The van der Waals surface area contributed by atoms with E-state index in [0.29, 0.717) is 46.1 Å². The number of nitrogens with one attached hydrogen (secondary N) is 2. The third-order valence-corrected chi connectivity index (χ3v) is 5.88. The van der Waals surface area contributed by atoms with Crippen LogP contribution in [0.15, 0.2) is 53.1 Å². The molecule has 0 bridgehead atoms. The second kappa shape index (κ2) is 8.94. The summed E-state index contributed by atoms with van der Waals surface area (Å²) in [6.07, 6.45) is 2.54. The van der Waals surface area contributed by atoms with Crippen molar-refractivity contribution in [2.45, 2.75) is 18.9 Å². The van der Waals surface area contributed by atoms with Gasteiger partial charge in [0.1, 0.15) is 6.04 Å². The fourth-order valence-electron chi connectivity index (χ4n) is 3.94. The Kier molecular flexibility index (Phi) is 6.05. The number of fused-ring (bicyclic) bond motifs is 1. The van der Waals surface area contributed by atoms with Gasteiger partial charge in [-0.25, -0.2) is 14.4 Å². The molecule has 11 heteroatoms. The quantitative estimate of drug-likeness (QED) is 0.420. The van der Waals surface area contributed by atoms with Gasteiger partial charge in [-0.05, 0) is 37.1 Å².